The van der Waals surface area contributed by atoms with Crippen molar-refractivity contribution < 1.29 is 4.79 Å². The maximum atomic E-state index is 12.3. The Hall–Kier alpha value is -0.850. The molecule has 8 atom stereocenters. The van der Waals surface area contributed by atoms with Gasteiger partial charge < -0.3 is 0 Å². The van der Waals surface area contributed by atoms with Crippen molar-refractivity contribution in [3.63, 3.8) is 0 Å². The van der Waals surface area contributed by atoms with E-state index in [9.17, 15) is 4.79 Å². The lowest BCUT2D eigenvalue weighted by Crippen LogP contribution is -2.54. The van der Waals surface area contributed by atoms with Crippen LogP contribution in [0.4, 0.5) is 0 Å². The Labute approximate surface area is 206 Å². The highest BCUT2D eigenvalue weighted by atomic mass is 16.1. The molecule has 0 spiro atoms. The smallest absolute Gasteiger partial charge is 0.155 e. The van der Waals surface area contributed by atoms with Gasteiger partial charge >= 0.3 is 0 Å². The topological polar surface area (TPSA) is 17.1 Å². The second kappa shape index (κ2) is 10.8. The molecule has 0 amide bonds. The predicted octanol–water partition coefficient (Wildman–Crippen LogP) is 9.43. The average Bonchev–Trinajstić information content (AvgIpc) is 3.13. The Balaban J connectivity index is 0.00000149. The highest BCUT2D eigenvalue weighted by Gasteiger charge is 2.61. The van der Waals surface area contributed by atoms with Gasteiger partial charge in [0.15, 0.2) is 5.78 Å². The standard InChI is InChI=1S/C30H48O.C2H6/c1-7-9-22-18-23-19-24(31)14-16-29(23,5)27-15-17-30(6)25(12-13-26(30)28(22)27)21(4)11-8-10-20(2)3;1-2/h7,19-22,25-28H,1,8-18H2,2-6H3;1-2H3/t21?,22-,25?,26?,27?,28?,29?,30?;/m0./s1. The number of ketones is 1. The number of hydrogen-bond acceptors (Lipinski definition) is 1. The largest absolute Gasteiger partial charge is 0.295 e. The molecule has 0 N–H and O–H groups in total. The van der Waals surface area contributed by atoms with Crippen LogP contribution in [0.1, 0.15) is 119 Å². The van der Waals surface area contributed by atoms with Gasteiger partial charge in [0.2, 0.25) is 0 Å². The third-order valence-corrected chi connectivity index (χ3v) is 10.8. The van der Waals surface area contributed by atoms with Crippen LogP contribution in [-0.4, -0.2) is 5.78 Å². The van der Waals surface area contributed by atoms with Gasteiger partial charge in [0, 0.05) is 6.42 Å². The van der Waals surface area contributed by atoms with E-state index in [1.165, 1.54) is 50.5 Å². The van der Waals surface area contributed by atoms with E-state index in [4.69, 9.17) is 0 Å². The minimum atomic E-state index is 0.276. The van der Waals surface area contributed by atoms with Crippen molar-refractivity contribution in [1.29, 1.82) is 0 Å². The van der Waals surface area contributed by atoms with E-state index >= 15 is 0 Å². The monoisotopic (exact) mass is 454 g/mol. The van der Waals surface area contributed by atoms with Crippen molar-refractivity contribution >= 4 is 5.78 Å². The maximum absolute atomic E-state index is 12.3. The van der Waals surface area contributed by atoms with Crippen LogP contribution in [0.3, 0.4) is 0 Å². The Kier molecular flexibility index (Phi) is 8.77. The van der Waals surface area contributed by atoms with Crippen molar-refractivity contribution in [2.45, 2.75) is 119 Å². The molecular formula is C32H54O. The molecule has 4 rings (SSSR count). The zero-order chi connectivity index (χ0) is 24.4. The summed E-state index contributed by atoms with van der Waals surface area (Å²) in [5.41, 5.74) is 2.30. The molecular weight excluding hydrogens is 400 g/mol. The quantitative estimate of drug-likeness (QED) is 0.350. The molecule has 0 aromatic rings. The lowest BCUT2D eigenvalue weighted by atomic mass is 9.44. The first-order valence-electron chi connectivity index (χ1n) is 14.6. The summed E-state index contributed by atoms with van der Waals surface area (Å²) < 4.78 is 0. The van der Waals surface area contributed by atoms with E-state index in [2.05, 4.69) is 53.3 Å². The molecule has 0 aliphatic heterocycles. The number of carbonyl (C=O) groups is 1. The summed E-state index contributed by atoms with van der Waals surface area (Å²) in [6, 6.07) is 0. The van der Waals surface area contributed by atoms with Gasteiger partial charge in [-0.1, -0.05) is 79.4 Å². The SMILES string of the molecule is C=CC[C@H]1CC2=CC(=O)CCC2(C)C2CCC3(C)C(C(C)CCCC(C)C)CCC3C21.CC. The first kappa shape index (κ1) is 26.7. The molecule has 0 aromatic heterocycles. The molecule has 188 valence electrons. The van der Waals surface area contributed by atoms with E-state index < -0.39 is 0 Å². The molecule has 0 heterocycles. The summed E-state index contributed by atoms with van der Waals surface area (Å²) in [6.45, 7) is 20.6. The van der Waals surface area contributed by atoms with Crippen LogP contribution >= 0.6 is 0 Å². The third-order valence-electron chi connectivity index (χ3n) is 10.8. The lowest BCUT2D eigenvalue weighted by molar-refractivity contribution is -0.119. The predicted molar refractivity (Wildman–Crippen MR) is 143 cm³/mol. The van der Waals surface area contributed by atoms with Crippen LogP contribution in [0.2, 0.25) is 0 Å². The van der Waals surface area contributed by atoms with Gasteiger partial charge in [-0.05, 0) is 103 Å². The van der Waals surface area contributed by atoms with Crippen LogP contribution in [0.15, 0.2) is 24.3 Å². The van der Waals surface area contributed by atoms with Crippen molar-refractivity contribution in [3.8, 4) is 0 Å². The lowest BCUT2D eigenvalue weighted by Gasteiger charge is -2.61. The van der Waals surface area contributed by atoms with Gasteiger partial charge in [-0.25, -0.2) is 0 Å². The van der Waals surface area contributed by atoms with Crippen LogP contribution in [0, 0.1) is 52.3 Å². The van der Waals surface area contributed by atoms with Crippen molar-refractivity contribution in [3.05, 3.63) is 24.3 Å². The summed E-state index contributed by atoms with van der Waals surface area (Å²) in [6.07, 6.45) is 18.3. The summed E-state index contributed by atoms with van der Waals surface area (Å²) in [7, 11) is 0. The Morgan fingerprint density at radius 2 is 1.79 bits per heavy atom. The van der Waals surface area contributed by atoms with Gasteiger partial charge in [0.25, 0.3) is 0 Å². The summed E-state index contributed by atoms with van der Waals surface area (Å²) in [5.74, 6) is 6.18. The van der Waals surface area contributed by atoms with Crippen LogP contribution in [-0.2, 0) is 4.79 Å². The normalized spacial score (nSPS) is 40.7. The molecule has 0 aromatic carbocycles. The van der Waals surface area contributed by atoms with Crippen molar-refractivity contribution in [2.24, 2.45) is 52.3 Å². The third kappa shape index (κ3) is 4.95. The van der Waals surface area contributed by atoms with Gasteiger partial charge in [-0.2, -0.15) is 0 Å². The fourth-order valence-corrected chi connectivity index (χ4v) is 9.18. The Morgan fingerprint density at radius 3 is 2.45 bits per heavy atom. The molecule has 4 aliphatic rings. The second-order valence-electron chi connectivity index (χ2n) is 12.9. The van der Waals surface area contributed by atoms with Crippen LogP contribution in [0.25, 0.3) is 0 Å². The molecule has 0 bridgehead atoms. The van der Waals surface area contributed by atoms with Crippen molar-refractivity contribution in [2.75, 3.05) is 0 Å². The molecule has 0 radical (unpaired) electrons. The van der Waals surface area contributed by atoms with E-state index in [0.717, 1.165) is 61.2 Å². The molecule has 7 unspecified atom stereocenters. The molecule has 3 saturated carbocycles. The first-order valence-corrected chi connectivity index (χ1v) is 14.6. The minimum absolute atomic E-state index is 0.276. The summed E-state index contributed by atoms with van der Waals surface area (Å²) >= 11 is 0. The van der Waals surface area contributed by atoms with Gasteiger partial charge in [0.1, 0.15) is 0 Å². The second-order valence-corrected chi connectivity index (χ2v) is 12.9. The van der Waals surface area contributed by atoms with E-state index in [-0.39, 0.29) is 5.41 Å². The first-order chi connectivity index (χ1) is 15.7. The Morgan fingerprint density at radius 1 is 1.06 bits per heavy atom. The van der Waals surface area contributed by atoms with E-state index in [0.29, 0.717) is 17.1 Å². The molecule has 3 fully saturated rings. The van der Waals surface area contributed by atoms with Crippen LogP contribution in [0.5, 0.6) is 0 Å². The molecule has 33 heavy (non-hydrogen) atoms. The van der Waals surface area contributed by atoms with E-state index in [1.807, 2.05) is 13.8 Å². The highest BCUT2D eigenvalue weighted by Crippen LogP contribution is 2.69. The Bertz CT molecular complexity index is 716. The molecule has 1 heteroatoms. The maximum Gasteiger partial charge on any atom is 0.155 e. The summed E-state index contributed by atoms with van der Waals surface area (Å²) in [5, 5.41) is 0. The number of carbonyl (C=O) groups excluding carboxylic acids is 1. The fraction of sp³-hybridized carbons (Fsp3) is 0.844. The molecule has 0 saturated heterocycles. The van der Waals surface area contributed by atoms with Gasteiger partial charge in [0.05, 0.1) is 0 Å². The zero-order valence-corrected chi connectivity index (χ0v) is 23.1. The van der Waals surface area contributed by atoms with Gasteiger partial charge in [-0.3, -0.25) is 4.79 Å². The molecule has 1 nitrogen and oxygen atoms in total. The van der Waals surface area contributed by atoms with Gasteiger partial charge in [-0.15, -0.1) is 6.58 Å². The number of hydrogen-bond donors (Lipinski definition) is 0. The summed E-state index contributed by atoms with van der Waals surface area (Å²) in [4.78, 5) is 12.3. The van der Waals surface area contributed by atoms with Crippen LogP contribution < -0.4 is 0 Å². The fourth-order valence-electron chi connectivity index (χ4n) is 9.18. The zero-order valence-electron chi connectivity index (χ0n) is 23.1. The average molecular weight is 455 g/mol. The highest BCUT2D eigenvalue weighted by molar-refractivity contribution is 5.91. The number of allylic oxidation sites excluding steroid dienone is 2. The molecule has 4 aliphatic carbocycles. The van der Waals surface area contributed by atoms with E-state index in [1.54, 1.807) is 0 Å². The number of fused-ring (bicyclic) bond motifs is 5. The van der Waals surface area contributed by atoms with Crippen molar-refractivity contribution in [1.82, 2.24) is 0 Å². The number of rotatable bonds is 7. The minimum Gasteiger partial charge on any atom is -0.295 e.